The highest BCUT2D eigenvalue weighted by Crippen LogP contribution is 1.99. The Kier molecular flexibility index (Phi) is 13.8. The van der Waals surface area contributed by atoms with Gasteiger partial charge in [0.2, 0.25) is 0 Å². The highest BCUT2D eigenvalue weighted by molar-refractivity contribution is 4.48. The predicted octanol–water partition coefficient (Wildman–Crippen LogP) is 2.80. The lowest BCUT2D eigenvalue weighted by Gasteiger charge is -2.05. The topological polar surface area (TPSA) is 27.7 Å². The highest BCUT2D eigenvalue weighted by atomic mass is 16.5. The second-order valence-corrected chi connectivity index (χ2v) is 3.37. The summed E-state index contributed by atoms with van der Waals surface area (Å²) in [5, 5.41) is 0. The van der Waals surface area contributed by atoms with Gasteiger partial charge in [0.05, 0.1) is 19.8 Å². The fraction of sp³-hybridized carbons (Fsp3) is 0.917. The monoisotopic (exact) mass is 217 g/mol. The van der Waals surface area contributed by atoms with Crippen LogP contribution in [0, 0.1) is 6.61 Å². The second-order valence-electron chi connectivity index (χ2n) is 3.37. The van der Waals surface area contributed by atoms with Crippen molar-refractivity contribution in [1.29, 1.82) is 0 Å². The summed E-state index contributed by atoms with van der Waals surface area (Å²) in [6.45, 7) is 9.35. The van der Waals surface area contributed by atoms with E-state index < -0.39 is 0 Å². The first-order chi connectivity index (χ1) is 7.41. The molecule has 0 bridgehead atoms. The Labute approximate surface area is 94.1 Å². The standard InChI is InChI=1S/C12H25O3/c1-3-5-6-7-8-14-11-12-15-10-9-13-4-2/h11H,3-10,12H2,1-2H3. The molecule has 0 saturated carbocycles. The molecule has 0 unspecified atom stereocenters. The van der Waals surface area contributed by atoms with Crippen LogP contribution in [0.25, 0.3) is 0 Å². The van der Waals surface area contributed by atoms with Gasteiger partial charge in [-0.1, -0.05) is 26.2 Å². The van der Waals surface area contributed by atoms with Crippen LogP contribution in [-0.4, -0.2) is 33.0 Å². The first-order valence-corrected chi connectivity index (χ1v) is 6.00. The van der Waals surface area contributed by atoms with Crippen LogP contribution in [0.5, 0.6) is 0 Å². The first-order valence-electron chi connectivity index (χ1n) is 6.00. The fourth-order valence-corrected chi connectivity index (χ4v) is 1.14. The Morgan fingerprint density at radius 1 is 0.867 bits per heavy atom. The molecule has 91 valence electrons. The van der Waals surface area contributed by atoms with Crippen molar-refractivity contribution in [3.63, 3.8) is 0 Å². The normalized spacial score (nSPS) is 10.8. The van der Waals surface area contributed by atoms with E-state index in [1.165, 1.54) is 19.3 Å². The zero-order chi connectivity index (χ0) is 11.2. The summed E-state index contributed by atoms with van der Waals surface area (Å²) in [4.78, 5) is 0. The van der Waals surface area contributed by atoms with E-state index in [4.69, 9.17) is 14.2 Å². The number of ether oxygens (including phenoxy) is 3. The molecule has 0 atom stereocenters. The van der Waals surface area contributed by atoms with Crippen molar-refractivity contribution >= 4 is 0 Å². The lowest BCUT2D eigenvalue weighted by Crippen LogP contribution is -2.06. The third-order valence-corrected chi connectivity index (χ3v) is 2.00. The van der Waals surface area contributed by atoms with Crippen molar-refractivity contribution in [3.8, 4) is 0 Å². The molecule has 0 aliphatic heterocycles. The quantitative estimate of drug-likeness (QED) is 0.470. The van der Waals surface area contributed by atoms with Gasteiger partial charge < -0.3 is 14.2 Å². The van der Waals surface area contributed by atoms with Gasteiger partial charge in [0.15, 0.2) is 0 Å². The zero-order valence-electron chi connectivity index (χ0n) is 10.2. The molecule has 0 N–H and O–H groups in total. The molecule has 3 heteroatoms. The molecule has 0 amide bonds. The number of rotatable bonds is 12. The van der Waals surface area contributed by atoms with E-state index in [2.05, 4.69) is 6.92 Å². The van der Waals surface area contributed by atoms with Crippen LogP contribution in [0.3, 0.4) is 0 Å². The van der Waals surface area contributed by atoms with E-state index in [0.29, 0.717) is 19.8 Å². The van der Waals surface area contributed by atoms with E-state index in [1.807, 2.05) is 6.92 Å². The number of hydrogen-bond donors (Lipinski definition) is 0. The first kappa shape index (κ1) is 14.9. The van der Waals surface area contributed by atoms with Crippen LogP contribution in [0.2, 0.25) is 0 Å². The molecule has 0 saturated heterocycles. The van der Waals surface area contributed by atoms with Crippen LogP contribution in [0.1, 0.15) is 39.5 Å². The molecule has 0 aliphatic rings. The SMILES string of the molecule is CCCCCCO[CH]COCCOCC. The van der Waals surface area contributed by atoms with Crippen molar-refractivity contribution in [2.24, 2.45) is 0 Å². The van der Waals surface area contributed by atoms with Gasteiger partial charge in [-0.05, 0) is 13.3 Å². The molecular weight excluding hydrogens is 192 g/mol. The smallest absolute Gasteiger partial charge is 0.109 e. The Morgan fingerprint density at radius 2 is 1.67 bits per heavy atom. The van der Waals surface area contributed by atoms with Crippen LogP contribution in [0.4, 0.5) is 0 Å². The molecule has 1 radical (unpaired) electrons. The number of unbranched alkanes of at least 4 members (excludes halogenated alkanes) is 3. The Hall–Kier alpha value is -0.120. The minimum absolute atomic E-state index is 0.556. The minimum Gasteiger partial charge on any atom is -0.379 e. The Balaban J connectivity index is 2.81. The fourth-order valence-electron chi connectivity index (χ4n) is 1.14. The molecule has 3 nitrogen and oxygen atoms in total. The third kappa shape index (κ3) is 13.9. The molecule has 0 spiro atoms. The summed E-state index contributed by atoms with van der Waals surface area (Å²) >= 11 is 0. The lowest BCUT2D eigenvalue weighted by atomic mass is 10.2. The van der Waals surface area contributed by atoms with E-state index in [9.17, 15) is 0 Å². The maximum Gasteiger partial charge on any atom is 0.109 e. The minimum atomic E-state index is 0.556. The van der Waals surface area contributed by atoms with E-state index in [1.54, 1.807) is 6.61 Å². The van der Waals surface area contributed by atoms with Crippen molar-refractivity contribution in [1.82, 2.24) is 0 Å². The largest absolute Gasteiger partial charge is 0.379 e. The molecular formula is C12H25O3. The lowest BCUT2D eigenvalue weighted by molar-refractivity contribution is 0.0398. The molecule has 0 fully saturated rings. The molecule has 15 heavy (non-hydrogen) atoms. The van der Waals surface area contributed by atoms with E-state index in [-0.39, 0.29) is 0 Å². The van der Waals surface area contributed by atoms with Gasteiger partial charge in [0.25, 0.3) is 0 Å². The van der Waals surface area contributed by atoms with Crippen molar-refractivity contribution < 1.29 is 14.2 Å². The summed E-state index contributed by atoms with van der Waals surface area (Å²) in [7, 11) is 0. The molecule has 0 aliphatic carbocycles. The van der Waals surface area contributed by atoms with E-state index in [0.717, 1.165) is 19.6 Å². The predicted molar refractivity (Wildman–Crippen MR) is 61.7 cm³/mol. The summed E-state index contributed by atoms with van der Waals surface area (Å²) in [6, 6.07) is 0. The summed E-state index contributed by atoms with van der Waals surface area (Å²) < 4.78 is 15.7. The van der Waals surface area contributed by atoms with Gasteiger partial charge in [0, 0.05) is 13.2 Å². The molecule has 0 heterocycles. The Morgan fingerprint density at radius 3 is 2.40 bits per heavy atom. The van der Waals surface area contributed by atoms with Crippen LogP contribution in [-0.2, 0) is 14.2 Å². The zero-order valence-corrected chi connectivity index (χ0v) is 10.2. The Bertz CT molecular complexity index is 95.0. The summed E-state index contributed by atoms with van der Waals surface area (Å²) in [5.74, 6) is 0. The van der Waals surface area contributed by atoms with Gasteiger partial charge in [-0.3, -0.25) is 0 Å². The molecule has 0 aromatic carbocycles. The average Bonchev–Trinajstić information content (AvgIpc) is 2.26. The van der Waals surface area contributed by atoms with Crippen molar-refractivity contribution in [3.05, 3.63) is 6.61 Å². The van der Waals surface area contributed by atoms with Crippen LogP contribution < -0.4 is 0 Å². The van der Waals surface area contributed by atoms with Gasteiger partial charge >= 0.3 is 0 Å². The average molecular weight is 217 g/mol. The van der Waals surface area contributed by atoms with Crippen LogP contribution in [0.15, 0.2) is 0 Å². The summed E-state index contributed by atoms with van der Waals surface area (Å²) in [6.07, 6.45) is 4.97. The summed E-state index contributed by atoms with van der Waals surface area (Å²) in [5.41, 5.74) is 0. The van der Waals surface area contributed by atoms with Gasteiger partial charge in [-0.15, -0.1) is 0 Å². The van der Waals surface area contributed by atoms with Gasteiger partial charge in [0.1, 0.15) is 6.61 Å². The van der Waals surface area contributed by atoms with Gasteiger partial charge in [-0.2, -0.15) is 0 Å². The van der Waals surface area contributed by atoms with Gasteiger partial charge in [-0.25, -0.2) is 0 Å². The van der Waals surface area contributed by atoms with Crippen molar-refractivity contribution in [2.45, 2.75) is 39.5 Å². The molecule has 0 rings (SSSR count). The third-order valence-electron chi connectivity index (χ3n) is 2.00. The maximum absolute atomic E-state index is 5.30. The van der Waals surface area contributed by atoms with E-state index >= 15 is 0 Å². The highest BCUT2D eigenvalue weighted by Gasteiger charge is 1.91. The van der Waals surface area contributed by atoms with Crippen LogP contribution >= 0.6 is 0 Å². The van der Waals surface area contributed by atoms with Crippen molar-refractivity contribution in [2.75, 3.05) is 33.0 Å². The molecule has 0 aromatic heterocycles. The maximum atomic E-state index is 5.30. The number of hydrogen-bond acceptors (Lipinski definition) is 3. The second kappa shape index (κ2) is 13.9. The molecule has 0 aromatic rings.